The van der Waals surface area contributed by atoms with Gasteiger partial charge in [-0.15, -0.1) is 0 Å². The highest BCUT2D eigenvalue weighted by molar-refractivity contribution is 6.34. The molecule has 0 saturated heterocycles. The zero-order valence-electron chi connectivity index (χ0n) is 9.12. The maximum atomic E-state index is 8.78. The SMILES string of the molecule is [B]c1cc(N(C)CCC)c(N)cc1C#N. The van der Waals surface area contributed by atoms with Gasteiger partial charge in [0.05, 0.1) is 17.4 Å². The standard InChI is InChI=1S/C11H14BN3/c1-3-4-15(2)11-6-9(12)8(7-13)5-10(11)14/h5-6H,3-4,14H2,1-2H3. The fourth-order valence-corrected chi connectivity index (χ4v) is 1.50. The first-order valence-electron chi connectivity index (χ1n) is 4.90. The summed E-state index contributed by atoms with van der Waals surface area (Å²) in [6.07, 6.45) is 1.04. The first kappa shape index (κ1) is 11.4. The first-order valence-corrected chi connectivity index (χ1v) is 4.90. The van der Waals surface area contributed by atoms with Gasteiger partial charge in [0, 0.05) is 19.2 Å². The summed E-state index contributed by atoms with van der Waals surface area (Å²) in [6, 6.07) is 5.39. The molecule has 76 valence electrons. The van der Waals surface area contributed by atoms with Crippen LogP contribution < -0.4 is 16.1 Å². The maximum Gasteiger partial charge on any atom is 0.115 e. The predicted molar refractivity (Wildman–Crippen MR) is 64.5 cm³/mol. The number of nitriles is 1. The lowest BCUT2D eigenvalue weighted by Crippen LogP contribution is -2.22. The van der Waals surface area contributed by atoms with Gasteiger partial charge in [-0.1, -0.05) is 12.4 Å². The van der Waals surface area contributed by atoms with Gasteiger partial charge in [0.1, 0.15) is 7.85 Å². The molecule has 2 N–H and O–H groups in total. The predicted octanol–water partition coefficient (Wildman–Crippen LogP) is 0.780. The van der Waals surface area contributed by atoms with Gasteiger partial charge in [-0.05, 0) is 18.6 Å². The zero-order chi connectivity index (χ0) is 11.4. The zero-order valence-corrected chi connectivity index (χ0v) is 9.12. The molecule has 3 nitrogen and oxygen atoms in total. The van der Waals surface area contributed by atoms with E-state index < -0.39 is 0 Å². The summed E-state index contributed by atoms with van der Waals surface area (Å²) in [4.78, 5) is 2.03. The summed E-state index contributed by atoms with van der Waals surface area (Å²) in [5.74, 6) is 0. The van der Waals surface area contributed by atoms with Crippen LogP contribution in [0.15, 0.2) is 12.1 Å². The number of anilines is 2. The van der Waals surface area contributed by atoms with E-state index in [4.69, 9.17) is 18.8 Å². The molecule has 2 radical (unpaired) electrons. The summed E-state index contributed by atoms with van der Waals surface area (Å²) in [6.45, 7) is 3.01. The van der Waals surface area contributed by atoms with Crippen molar-refractivity contribution >= 4 is 24.7 Å². The van der Waals surface area contributed by atoms with Crippen LogP contribution in [0.4, 0.5) is 11.4 Å². The van der Waals surface area contributed by atoms with Crippen molar-refractivity contribution in [1.29, 1.82) is 5.26 Å². The van der Waals surface area contributed by atoms with Crippen molar-refractivity contribution in [1.82, 2.24) is 0 Å². The van der Waals surface area contributed by atoms with E-state index in [1.54, 1.807) is 12.1 Å². The number of nitrogens with zero attached hydrogens (tertiary/aromatic N) is 2. The van der Waals surface area contributed by atoms with Crippen LogP contribution in [0, 0.1) is 11.3 Å². The number of nitrogen functional groups attached to an aromatic ring is 1. The van der Waals surface area contributed by atoms with E-state index in [0.29, 0.717) is 16.7 Å². The van der Waals surface area contributed by atoms with Crippen molar-refractivity contribution in [2.45, 2.75) is 13.3 Å². The van der Waals surface area contributed by atoms with E-state index in [1.807, 2.05) is 18.0 Å². The molecule has 1 rings (SSSR count). The van der Waals surface area contributed by atoms with Gasteiger partial charge in [0.15, 0.2) is 0 Å². The molecular weight excluding hydrogens is 185 g/mol. The minimum Gasteiger partial charge on any atom is -0.397 e. The Bertz CT molecular complexity index is 396. The highest BCUT2D eigenvalue weighted by Crippen LogP contribution is 2.21. The number of hydrogen-bond acceptors (Lipinski definition) is 3. The molecule has 0 atom stereocenters. The van der Waals surface area contributed by atoms with Gasteiger partial charge in [-0.3, -0.25) is 0 Å². The van der Waals surface area contributed by atoms with E-state index in [9.17, 15) is 0 Å². The highest BCUT2D eigenvalue weighted by Gasteiger charge is 2.07. The molecule has 1 aromatic rings. The molecular formula is C11H14BN3. The second-order valence-corrected chi connectivity index (χ2v) is 3.53. The van der Waals surface area contributed by atoms with Gasteiger partial charge in [-0.2, -0.15) is 5.26 Å². The molecule has 0 aromatic heterocycles. The molecule has 0 saturated carbocycles. The minimum atomic E-state index is 0.432. The van der Waals surface area contributed by atoms with Crippen molar-refractivity contribution in [2.24, 2.45) is 0 Å². The topological polar surface area (TPSA) is 53.0 Å². The maximum absolute atomic E-state index is 8.78. The molecule has 0 aliphatic heterocycles. The average Bonchev–Trinajstić information content (AvgIpc) is 2.21. The van der Waals surface area contributed by atoms with Crippen molar-refractivity contribution in [3.05, 3.63) is 17.7 Å². The van der Waals surface area contributed by atoms with Crippen LogP contribution in [0.2, 0.25) is 0 Å². The summed E-state index contributed by atoms with van der Waals surface area (Å²) in [5.41, 5.74) is 8.23. The molecule has 15 heavy (non-hydrogen) atoms. The van der Waals surface area contributed by atoms with E-state index >= 15 is 0 Å². The molecule has 0 unspecified atom stereocenters. The molecule has 0 fully saturated rings. The summed E-state index contributed by atoms with van der Waals surface area (Å²) in [7, 11) is 7.69. The van der Waals surface area contributed by atoms with Gasteiger partial charge in [0.25, 0.3) is 0 Å². The van der Waals surface area contributed by atoms with Crippen LogP contribution in [0.3, 0.4) is 0 Å². The lowest BCUT2D eigenvalue weighted by molar-refractivity contribution is 0.853. The lowest BCUT2D eigenvalue weighted by Gasteiger charge is -2.21. The van der Waals surface area contributed by atoms with E-state index in [-0.39, 0.29) is 0 Å². The highest BCUT2D eigenvalue weighted by atomic mass is 15.1. The fourth-order valence-electron chi connectivity index (χ4n) is 1.50. The molecule has 0 amide bonds. The number of hydrogen-bond donors (Lipinski definition) is 1. The van der Waals surface area contributed by atoms with Crippen LogP contribution in [-0.2, 0) is 0 Å². The largest absolute Gasteiger partial charge is 0.397 e. The molecule has 0 aliphatic carbocycles. The Morgan fingerprint density at radius 2 is 2.20 bits per heavy atom. The Balaban J connectivity index is 3.11. The molecule has 0 bridgehead atoms. The van der Waals surface area contributed by atoms with Crippen molar-refractivity contribution in [2.75, 3.05) is 24.2 Å². The fraction of sp³-hybridized carbons (Fsp3) is 0.364. The van der Waals surface area contributed by atoms with Gasteiger partial charge in [0.2, 0.25) is 0 Å². The van der Waals surface area contributed by atoms with E-state index in [0.717, 1.165) is 18.7 Å². The Morgan fingerprint density at radius 1 is 1.53 bits per heavy atom. The number of nitrogens with two attached hydrogens (primary N) is 1. The summed E-state index contributed by atoms with van der Waals surface area (Å²) in [5, 5.41) is 8.78. The molecule has 1 aromatic carbocycles. The van der Waals surface area contributed by atoms with Crippen molar-refractivity contribution in [3.63, 3.8) is 0 Å². The summed E-state index contributed by atoms with van der Waals surface area (Å²) < 4.78 is 0. The van der Waals surface area contributed by atoms with E-state index in [2.05, 4.69) is 6.92 Å². The van der Waals surface area contributed by atoms with Gasteiger partial charge < -0.3 is 10.6 Å². The summed E-state index contributed by atoms with van der Waals surface area (Å²) >= 11 is 0. The second kappa shape index (κ2) is 4.74. The average molecular weight is 199 g/mol. The third-order valence-corrected chi connectivity index (χ3v) is 2.29. The Labute approximate surface area is 91.9 Å². The van der Waals surface area contributed by atoms with Crippen LogP contribution >= 0.6 is 0 Å². The van der Waals surface area contributed by atoms with Crippen molar-refractivity contribution < 1.29 is 0 Å². The third-order valence-electron chi connectivity index (χ3n) is 2.29. The van der Waals surface area contributed by atoms with Crippen molar-refractivity contribution in [3.8, 4) is 6.07 Å². The monoisotopic (exact) mass is 199 g/mol. The van der Waals surface area contributed by atoms with Gasteiger partial charge in [-0.25, -0.2) is 0 Å². The molecule has 0 spiro atoms. The molecule has 0 heterocycles. The number of rotatable bonds is 3. The second-order valence-electron chi connectivity index (χ2n) is 3.53. The lowest BCUT2D eigenvalue weighted by atomic mass is 9.90. The van der Waals surface area contributed by atoms with Crippen LogP contribution in [0.5, 0.6) is 0 Å². The minimum absolute atomic E-state index is 0.432. The van der Waals surface area contributed by atoms with Crippen LogP contribution in [0.25, 0.3) is 0 Å². The normalized spacial score (nSPS) is 9.67. The smallest absolute Gasteiger partial charge is 0.115 e. The molecule has 0 aliphatic rings. The quantitative estimate of drug-likeness (QED) is 0.578. The van der Waals surface area contributed by atoms with Gasteiger partial charge >= 0.3 is 0 Å². The van der Waals surface area contributed by atoms with Crippen LogP contribution in [0.1, 0.15) is 18.9 Å². The van der Waals surface area contributed by atoms with E-state index in [1.165, 1.54) is 0 Å². The third kappa shape index (κ3) is 2.44. The molecule has 4 heteroatoms. The Morgan fingerprint density at radius 3 is 2.73 bits per heavy atom. The Hall–Kier alpha value is -1.63. The first-order chi connectivity index (χ1) is 7.10. The van der Waals surface area contributed by atoms with Crippen LogP contribution in [-0.4, -0.2) is 21.4 Å². The number of benzene rings is 1. The Kier molecular flexibility index (Phi) is 3.62.